The molecule has 2 heteroatoms. The summed E-state index contributed by atoms with van der Waals surface area (Å²) in [5, 5.41) is 15.0. The van der Waals surface area contributed by atoms with E-state index < -0.39 is 5.60 Å². The summed E-state index contributed by atoms with van der Waals surface area (Å²) >= 11 is 0. The number of aryl methyl sites for hydroxylation is 1. The van der Waals surface area contributed by atoms with Gasteiger partial charge in [-0.25, -0.2) is 0 Å². The van der Waals surface area contributed by atoms with E-state index in [-0.39, 0.29) is 6.04 Å². The molecule has 3 rings (SSSR count). The molecule has 0 bridgehead atoms. The minimum Gasteiger partial charge on any atom is -0.387 e. The molecule has 110 valence electrons. The summed E-state index contributed by atoms with van der Waals surface area (Å²) in [6.45, 7) is 4.52. The van der Waals surface area contributed by atoms with Gasteiger partial charge >= 0.3 is 0 Å². The Bertz CT molecular complexity index is 470. The summed E-state index contributed by atoms with van der Waals surface area (Å²) < 4.78 is 0. The third-order valence-corrected chi connectivity index (χ3v) is 5.44. The first-order chi connectivity index (χ1) is 9.61. The van der Waals surface area contributed by atoms with Crippen LogP contribution in [0.3, 0.4) is 0 Å². The molecule has 2 nitrogen and oxygen atoms in total. The van der Waals surface area contributed by atoms with E-state index in [9.17, 15) is 5.11 Å². The zero-order valence-corrected chi connectivity index (χ0v) is 12.7. The monoisotopic (exact) mass is 273 g/mol. The molecule has 1 aliphatic carbocycles. The topological polar surface area (TPSA) is 32.3 Å². The average molecular weight is 273 g/mol. The van der Waals surface area contributed by atoms with Gasteiger partial charge in [0.25, 0.3) is 0 Å². The SMILES string of the molecule is CC(C)C1CCCCC1(O)C1CCc2ccccc2N1. The average Bonchev–Trinajstić information content (AvgIpc) is 2.47. The highest BCUT2D eigenvalue weighted by atomic mass is 16.3. The number of hydrogen-bond acceptors (Lipinski definition) is 2. The number of hydrogen-bond donors (Lipinski definition) is 2. The van der Waals surface area contributed by atoms with Crippen molar-refractivity contribution >= 4 is 5.69 Å². The summed E-state index contributed by atoms with van der Waals surface area (Å²) in [5.41, 5.74) is 2.09. The van der Waals surface area contributed by atoms with E-state index >= 15 is 0 Å². The molecule has 1 aromatic carbocycles. The molecular formula is C18H27NO. The van der Waals surface area contributed by atoms with Gasteiger partial charge in [-0.15, -0.1) is 0 Å². The van der Waals surface area contributed by atoms with Gasteiger partial charge in [0.1, 0.15) is 0 Å². The lowest BCUT2D eigenvalue weighted by Crippen LogP contribution is -2.56. The van der Waals surface area contributed by atoms with Gasteiger partial charge in [-0.3, -0.25) is 0 Å². The van der Waals surface area contributed by atoms with Gasteiger partial charge in [0.15, 0.2) is 0 Å². The summed E-state index contributed by atoms with van der Waals surface area (Å²) in [4.78, 5) is 0. The number of para-hydroxylation sites is 1. The summed E-state index contributed by atoms with van der Waals surface area (Å²) in [6.07, 6.45) is 6.70. The molecule has 3 atom stereocenters. The molecule has 1 saturated carbocycles. The van der Waals surface area contributed by atoms with Gasteiger partial charge < -0.3 is 10.4 Å². The molecule has 20 heavy (non-hydrogen) atoms. The molecule has 0 radical (unpaired) electrons. The molecular weight excluding hydrogens is 246 g/mol. The number of rotatable bonds is 2. The molecule has 2 N–H and O–H groups in total. The number of anilines is 1. The van der Waals surface area contributed by atoms with Gasteiger partial charge in [0.2, 0.25) is 0 Å². The van der Waals surface area contributed by atoms with E-state index in [2.05, 4.69) is 43.4 Å². The third kappa shape index (κ3) is 2.35. The fraction of sp³-hybridized carbons (Fsp3) is 0.667. The van der Waals surface area contributed by atoms with Crippen molar-refractivity contribution in [3.8, 4) is 0 Å². The Morgan fingerprint density at radius 1 is 1.20 bits per heavy atom. The van der Waals surface area contributed by atoms with Crippen LogP contribution in [0.5, 0.6) is 0 Å². The lowest BCUT2D eigenvalue weighted by molar-refractivity contribution is -0.0816. The molecule has 0 amide bonds. The van der Waals surface area contributed by atoms with Crippen molar-refractivity contribution < 1.29 is 5.11 Å². The van der Waals surface area contributed by atoms with Crippen molar-refractivity contribution in [1.29, 1.82) is 0 Å². The minimum atomic E-state index is -0.528. The lowest BCUT2D eigenvalue weighted by atomic mass is 9.65. The molecule has 2 aliphatic rings. The second-order valence-corrected chi connectivity index (χ2v) is 6.98. The molecule has 1 fully saturated rings. The maximum atomic E-state index is 11.4. The molecule has 1 aromatic rings. The first-order valence-electron chi connectivity index (χ1n) is 8.18. The fourth-order valence-corrected chi connectivity index (χ4v) is 4.36. The lowest BCUT2D eigenvalue weighted by Gasteiger charge is -2.49. The van der Waals surface area contributed by atoms with Crippen LogP contribution in [0.1, 0.15) is 51.5 Å². The Morgan fingerprint density at radius 2 is 2.00 bits per heavy atom. The second-order valence-electron chi connectivity index (χ2n) is 6.98. The molecule has 1 heterocycles. The number of nitrogens with one attached hydrogen (secondary N) is 1. The molecule has 1 aliphatic heterocycles. The predicted octanol–water partition coefficient (Wildman–Crippen LogP) is 3.99. The number of benzene rings is 1. The van der Waals surface area contributed by atoms with Crippen LogP contribution in [0.25, 0.3) is 0 Å². The molecule has 0 spiro atoms. The Kier molecular flexibility index (Phi) is 3.76. The maximum absolute atomic E-state index is 11.4. The van der Waals surface area contributed by atoms with Gasteiger partial charge in [-0.2, -0.15) is 0 Å². The van der Waals surface area contributed by atoms with Gasteiger partial charge in [-0.1, -0.05) is 44.9 Å². The van der Waals surface area contributed by atoms with Crippen LogP contribution in [0.2, 0.25) is 0 Å². The number of fused-ring (bicyclic) bond motifs is 1. The van der Waals surface area contributed by atoms with Gasteiger partial charge in [0, 0.05) is 5.69 Å². The van der Waals surface area contributed by atoms with Crippen molar-refractivity contribution in [3.63, 3.8) is 0 Å². The molecule has 0 saturated heterocycles. The van der Waals surface area contributed by atoms with Crippen molar-refractivity contribution in [2.24, 2.45) is 11.8 Å². The van der Waals surface area contributed by atoms with E-state index in [0.717, 1.165) is 19.3 Å². The summed E-state index contributed by atoms with van der Waals surface area (Å²) in [5.74, 6) is 0.985. The van der Waals surface area contributed by atoms with Crippen LogP contribution in [0, 0.1) is 11.8 Å². The highest BCUT2D eigenvalue weighted by molar-refractivity contribution is 5.54. The minimum absolute atomic E-state index is 0.213. The Morgan fingerprint density at radius 3 is 2.80 bits per heavy atom. The maximum Gasteiger partial charge on any atom is 0.0878 e. The van der Waals surface area contributed by atoms with Crippen molar-refractivity contribution in [1.82, 2.24) is 0 Å². The quantitative estimate of drug-likeness (QED) is 0.854. The summed E-state index contributed by atoms with van der Waals surface area (Å²) in [7, 11) is 0. The van der Waals surface area contributed by atoms with Gasteiger partial charge in [-0.05, 0) is 49.1 Å². The van der Waals surface area contributed by atoms with Crippen LogP contribution in [0.15, 0.2) is 24.3 Å². The highest BCUT2D eigenvalue weighted by Gasteiger charge is 2.47. The zero-order chi connectivity index (χ0) is 14.2. The van der Waals surface area contributed by atoms with Crippen LogP contribution in [-0.2, 0) is 6.42 Å². The van der Waals surface area contributed by atoms with Crippen molar-refractivity contribution in [3.05, 3.63) is 29.8 Å². The summed E-state index contributed by atoms with van der Waals surface area (Å²) in [6, 6.07) is 8.75. The van der Waals surface area contributed by atoms with Crippen molar-refractivity contribution in [2.75, 3.05) is 5.32 Å². The third-order valence-electron chi connectivity index (χ3n) is 5.44. The van der Waals surface area contributed by atoms with E-state index in [1.807, 2.05) is 0 Å². The smallest absolute Gasteiger partial charge is 0.0878 e. The number of aliphatic hydroxyl groups is 1. The van der Waals surface area contributed by atoms with E-state index in [4.69, 9.17) is 0 Å². The van der Waals surface area contributed by atoms with Crippen LogP contribution < -0.4 is 5.32 Å². The first-order valence-corrected chi connectivity index (χ1v) is 8.18. The standard InChI is InChI=1S/C18H27NO/c1-13(2)15-8-5-6-12-18(15,20)17-11-10-14-7-3-4-9-16(14)19-17/h3-4,7,9,13,15,17,19-20H,5-6,8,10-12H2,1-2H3. The zero-order valence-electron chi connectivity index (χ0n) is 12.7. The molecule has 0 aromatic heterocycles. The van der Waals surface area contributed by atoms with Crippen LogP contribution >= 0.6 is 0 Å². The fourth-order valence-electron chi connectivity index (χ4n) is 4.36. The Hall–Kier alpha value is -1.02. The van der Waals surface area contributed by atoms with Crippen LogP contribution in [-0.4, -0.2) is 16.7 Å². The van der Waals surface area contributed by atoms with E-state index in [1.54, 1.807) is 0 Å². The highest BCUT2D eigenvalue weighted by Crippen LogP contribution is 2.44. The van der Waals surface area contributed by atoms with Crippen LogP contribution in [0.4, 0.5) is 5.69 Å². The van der Waals surface area contributed by atoms with E-state index in [0.29, 0.717) is 11.8 Å². The second kappa shape index (κ2) is 5.40. The van der Waals surface area contributed by atoms with Gasteiger partial charge in [0.05, 0.1) is 11.6 Å². The predicted molar refractivity (Wildman–Crippen MR) is 83.9 cm³/mol. The molecule has 3 unspecified atom stereocenters. The van der Waals surface area contributed by atoms with E-state index in [1.165, 1.54) is 30.5 Å². The normalized spacial score (nSPS) is 33.6. The Labute approximate surface area is 122 Å². The Balaban J connectivity index is 1.85. The van der Waals surface area contributed by atoms with Crippen molar-refractivity contribution in [2.45, 2.75) is 64.0 Å². The largest absolute Gasteiger partial charge is 0.387 e. The first kappa shape index (κ1) is 13.9.